The number of hydrogen-bond donors (Lipinski definition) is 1. The lowest BCUT2D eigenvalue weighted by atomic mass is 10.0. The minimum absolute atomic E-state index is 0.188. The van der Waals surface area contributed by atoms with Gasteiger partial charge in [-0.25, -0.2) is 0 Å². The highest BCUT2D eigenvalue weighted by molar-refractivity contribution is 5.83. The molecule has 1 heterocycles. The van der Waals surface area contributed by atoms with Crippen LogP contribution >= 0.6 is 0 Å². The summed E-state index contributed by atoms with van der Waals surface area (Å²) in [6.45, 7) is 4.57. The van der Waals surface area contributed by atoms with Gasteiger partial charge in [-0.05, 0) is 26.6 Å². The molecule has 0 saturated carbocycles. The van der Waals surface area contributed by atoms with Gasteiger partial charge < -0.3 is 10.2 Å². The van der Waals surface area contributed by atoms with Crippen molar-refractivity contribution in [3.05, 3.63) is 35.9 Å². The van der Waals surface area contributed by atoms with Crippen molar-refractivity contribution in [3.8, 4) is 0 Å². The van der Waals surface area contributed by atoms with Gasteiger partial charge in [0.05, 0.1) is 0 Å². The topological polar surface area (TPSA) is 35.6 Å². The van der Waals surface area contributed by atoms with Crippen molar-refractivity contribution in [1.29, 1.82) is 0 Å². The molecule has 1 aliphatic rings. The van der Waals surface area contributed by atoms with Crippen molar-refractivity contribution < 1.29 is 4.79 Å². The number of rotatable bonds is 3. The van der Waals surface area contributed by atoms with E-state index >= 15 is 0 Å². The first-order valence-corrected chi connectivity index (χ1v) is 6.83. The fourth-order valence-electron chi connectivity index (χ4n) is 2.60. The summed E-state index contributed by atoms with van der Waals surface area (Å²) in [6, 6.07) is 10.2. The average molecular weight is 261 g/mol. The zero-order valence-electron chi connectivity index (χ0n) is 12.0. The van der Waals surface area contributed by atoms with Crippen LogP contribution in [0, 0.1) is 0 Å². The largest absolute Gasteiger partial charge is 0.338 e. The van der Waals surface area contributed by atoms with Crippen molar-refractivity contribution in [1.82, 2.24) is 15.1 Å². The van der Waals surface area contributed by atoms with E-state index in [-0.39, 0.29) is 11.9 Å². The van der Waals surface area contributed by atoms with E-state index in [4.69, 9.17) is 0 Å². The van der Waals surface area contributed by atoms with Gasteiger partial charge in [-0.3, -0.25) is 9.69 Å². The Hall–Kier alpha value is -1.39. The number of likely N-dealkylation sites (N-methyl/N-ethyl adjacent to an activating group) is 1. The van der Waals surface area contributed by atoms with Gasteiger partial charge in [0.25, 0.3) is 0 Å². The molecule has 1 aromatic carbocycles. The summed E-state index contributed by atoms with van der Waals surface area (Å²) in [4.78, 5) is 16.7. The lowest BCUT2D eigenvalue weighted by Crippen LogP contribution is -2.53. The normalized spacial score (nSPS) is 21.5. The standard InChI is InChI=1S/C15H23N3O/c1-12-11-18(10-9-16-12)15(19)14(17(2)3)13-7-5-4-6-8-13/h4-8,12,14,16H,9-11H2,1-3H3. The van der Waals surface area contributed by atoms with Gasteiger partial charge >= 0.3 is 0 Å². The fraction of sp³-hybridized carbons (Fsp3) is 0.533. The highest BCUT2D eigenvalue weighted by Gasteiger charge is 2.29. The second-order valence-electron chi connectivity index (χ2n) is 5.42. The van der Waals surface area contributed by atoms with Crippen LogP contribution in [0.2, 0.25) is 0 Å². The molecule has 1 aromatic rings. The number of amides is 1. The Morgan fingerprint density at radius 1 is 1.37 bits per heavy atom. The van der Waals surface area contributed by atoms with E-state index in [1.54, 1.807) is 0 Å². The Kier molecular flexibility index (Phi) is 4.56. The summed E-state index contributed by atoms with van der Waals surface area (Å²) >= 11 is 0. The van der Waals surface area contributed by atoms with Crippen molar-refractivity contribution in [2.45, 2.75) is 19.0 Å². The zero-order valence-corrected chi connectivity index (χ0v) is 12.0. The second kappa shape index (κ2) is 6.17. The number of nitrogens with one attached hydrogen (secondary N) is 1. The van der Waals surface area contributed by atoms with E-state index < -0.39 is 0 Å². The van der Waals surface area contributed by atoms with Crippen LogP contribution in [0.25, 0.3) is 0 Å². The molecule has 104 valence electrons. The fourth-order valence-corrected chi connectivity index (χ4v) is 2.60. The summed E-state index contributed by atoms with van der Waals surface area (Å²) in [5.41, 5.74) is 1.06. The first-order chi connectivity index (χ1) is 9.09. The number of benzene rings is 1. The van der Waals surface area contributed by atoms with E-state index in [0.717, 1.165) is 25.2 Å². The molecule has 0 aliphatic carbocycles. The first kappa shape index (κ1) is 14.0. The maximum Gasteiger partial charge on any atom is 0.244 e. The number of nitrogens with zero attached hydrogens (tertiary/aromatic N) is 2. The van der Waals surface area contributed by atoms with E-state index in [0.29, 0.717) is 6.04 Å². The Bertz CT molecular complexity index is 419. The molecule has 1 saturated heterocycles. The lowest BCUT2D eigenvalue weighted by molar-refractivity contribution is -0.137. The van der Waals surface area contributed by atoms with Crippen LogP contribution in [0.1, 0.15) is 18.5 Å². The molecular weight excluding hydrogens is 238 g/mol. The molecule has 4 nitrogen and oxygen atoms in total. The maximum atomic E-state index is 12.7. The van der Waals surface area contributed by atoms with Crippen molar-refractivity contribution in [3.63, 3.8) is 0 Å². The number of carbonyl (C=O) groups excluding carboxylic acids is 1. The van der Waals surface area contributed by atoms with Crippen LogP contribution in [-0.2, 0) is 4.79 Å². The molecule has 1 N–H and O–H groups in total. The summed E-state index contributed by atoms with van der Waals surface area (Å²) in [5.74, 6) is 0.199. The maximum absolute atomic E-state index is 12.7. The van der Waals surface area contributed by atoms with Gasteiger partial charge in [-0.1, -0.05) is 30.3 Å². The summed E-state index contributed by atoms with van der Waals surface area (Å²) < 4.78 is 0. The van der Waals surface area contributed by atoms with Crippen molar-refractivity contribution in [2.24, 2.45) is 0 Å². The average Bonchev–Trinajstić information content (AvgIpc) is 2.39. The molecule has 0 aromatic heterocycles. The molecule has 2 atom stereocenters. The van der Waals surface area contributed by atoms with Crippen LogP contribution in [0.5, 0.6) is 0 Å². The quantitative estimate of drug-likeness (QED) is 0.885. The van der Waals surface area contributed by atoms with E-state index in [1.165, 1.54) is 0 Å². The molecule has 0 bridgehead atoms. The lowest BCUT2D eigenvalue weighted by Gasteiger charge is -2.36. The first-order valence-electron chi connectivity index (χ1n) is 6.83. The number of carbonyl (C=O) groups is 1. The van der Waals surface area contributed by atoms with Gasteiger partial charge in [0.1, 0.15) is 6.04 Å². The zero-order chi connectivity index (χ0) is 13.8. The molecule has 19 heavy (non-hydrogen) atoms. The van der Waals surface area contributed by atoms with Gasteiger partial charge in [0.2, 0.25) is 5.91 Å². The Labute approximate surface area is 115 Å². The highest BCUT2D eigenvalue weighted by atomic mass is 16.2. The minimum atomic E-state index is -0.188. The predicted octanol–water partition coefficient (Wildman–Crippen LogP) is 1.11. The van der Waals surface area contributed by atoms with E-state index in [1.807, 2.05) is 54.2 Å². The third-order valence-electron chi connectivity index (χ3n) is 3.55. The molecular formula is C15H23N3O. The van der Waals surface area contributed by atoms with E-state index in [9.17, 15) is 4.79 Å². The van der Waals surface area contributed by atoms with Gasteiger partial charge in [-0.15, -0.1) is 0 Å². The Morgan fingerprint density at radius 3 is 2.63 bits per heavy atom. The van der Waals surface area contributed by atoms with Crippen LogP contribution in [0.3, 0.4) is 0 Å². The highest BCUT2D eigenvalue weighted by Crippen LogP contribution is 2.21. The molecule has 0 radical (unpaired) electrons. The minimum Gasteiger partial charge on any atom is -0.338 e. The molecule has 4 heteroatoms. The van der Waals surface area contributed by atoms with E-state index in [2.05, 4.69) is 12.2 Å². The van der Waals surface area contributed by atoms with Crippen LogP contribution < -0.4 is 5.32 Å². The smallest absolute Gasteiger partial charge is 0.244 e. The summed E-state index contributed by atoms with van der Waals surface area (Å²) in [5, 5.41) is 3.37. The third-order valence-corrected chi connectivity index (χ3v) is 3.55. The summed E-state index contributed by atoms with van der Waals surface area (Å²) in [7, 11) is 3.92. The van der Waals surface area contributed by atoms with Crippen molar-refractivity contribution in [2.75, 3.05) is 33.7 Å². The van der Waals surface area contributed by atoms with Gasteiger partial charge in [-0.2, -0.15) is 0 Å². The Morgan fingerprint density at radius 2 is 2.05 bits per heavy atom. The molecule has 1 fully saturated rings. The molecule has 2 rings (SSSR count). The summed E-state index contributed by atoms with van der Waals surface area (Å²) in [6.07, 6.45) is 0. The molecule has 1 aliphatic heterocycles. The third kappa shape index (κ3) is 3.33. The molecule has 0 spiro atoms. The second-order valence-corrected chi connectivity index (χ2v) is 5.42. The number of piperazine rings is 1. The van der Waals surface area contributed by atoms with Gasteiger partial charge in [0, 0.05) is 25.7 Å². The van der Waals surface area contributed by atoms with Gasteiger partial charge in [0.15, 0.2) is 0 Å². The molecule has 2 unspecified atom stereocenters. The van der Waals surface area contributed by atoms with Crippen LogP contribution in [-0.4, -0.2) is 55.5 Å². The SMILES string of the molecule is CC1CN(C(=O)C(c2ccccc2)N(C)C)CCN1. The predicted molar refractivity (Wildman–Crippen MR) is 76.9 cm³/mol. The monoisotopic (exact) mass is 261 g/mol. The van der Waals surface area contributed by atoms with Crippen LogP contribution in [0.15, 0.2) is 30.3 Å². The Balaban J connectivity index is 2.17. The van der Waals surface area contributed by atoms with Crippen LogP contribution in [0.4, 0.5) is 0 Å². The van der Waals surface area contributed by atoms with Crippen molar-refractivity contribution >= 4 is 5.91 Å². The molecule has 1 amide bonds. The number of hydrogen-bond acceptors (Lipinski definition) is 3.